The average molecular weight is 372 g/mol. The minimum atomic E-state index is -5.13. The second kappa shape index (κ2) is 6.00. The second-order valence-electron chi connectivity index (χ2n) is 5.67. The van der Waals surface area contributed by atoms with Crippen molar-refractivity contribution < 1.29 is 36.2 Å². The number of hydrogen-bond donors (Lipinski definition) is 1. The Labute approximate surface area is 137 Å². The van der Waals surface area contributed by atoms with Gasteiger partial charge in [-0.05, 0) is 19.9 Å². The molecule has 6 nitrogen and oxygen atoms in total. The molecule has 1 N–H and O–H groups in total. The van der Waals surface area contributed by atoms with Crippen LogP contribution in [0.4, 0.5) is 26.3 Å². The monoisotopic (exact) mass is 372 g/mol. The van der Waals surface area contributed by atoms with Gasteiger partial charge in [0.1, 0.15) is 0 Å². The van der Waals surface area contributed by atoms with Gasteiger partial charge in [0.25, 0.3) is 5.72 Å². The van der Waals surface area contributed by atoms with Gasteiger partial charge in [-0.25, -0.2) is 0 Å². The van der Waals surface area contributed by atoms with E-state index in [0.717, 1.165) is 10.7 Å². The third-order valence-corrected chi connectivity index (χ3v) is 3.62. The fraction of sp³-hybridized carbons (Fsp3) is 0.615. The zero-order valence-corrected chi connectivity index (χ0v) is 13.1. The van der Waals surface area contributed by atoms with Gasteiger partial charge < -0.3 is 5.11 Å². The van der Waals surface area contributed by atoms with E-state index in [1.54, 1.807) is 0 Å². The normalized spacial score (nSPS) is 21.6. The van der Waals surface area contributed by atoms with Gasteiger partial charge in [0.05, 0.1) is 6.54 Å². The van der Waals surface area contributed by atoms with E-state index in [1.807, 2.05) is 0 Å². The molecule has 2 rings (SSSR count). The summed E-state index contributed by atoms with van der Waals surface area (Å²) in [6.45, 7) is 2.15. The van der Waals surface area contributed by atoms with Crippen molar-refractivity contribution in [2.24, 2.45) is 5.10 Å². The predicted octanol–water partition coefficient (Wildman–Crippen LogP) is 2.46. The number of rotatable bonds is 3. The van der Waals surface area contributed by atoms with E-state index >= 15 is 0 Å². The molecular weight excluding hydrogens is 358 g/mol. The van der Waals surface area contributed by atoms with Crippen LogP contribution in [0.3, 0.4) is 0 Å². The Balaban J connectivity index is 2.14. The molecule has 140 valence electrons. The van der Waals surface area contributed by atoms with Crippen molar-refractivity contribution in [3.8, 4) is 0 Å². The van der Waals surface area contributed by atoms with Crippen molar-refractivity contribution in [1.82, 2.24) is 14.8 Å². The molecular formula is C13H14F6N4O2. The minimum Gasteiger partial charge on any atom is -0.362 e. The molecule has 1 atom stereocenters. The molecule has 2 heterocycles. The molecule has 25 heavy (non-hydrogen) atoms. The Bertz CT molecular complexity index is 708. The summed E-state index contributed by atoms with van der Waals surface area (Å²) < 4.78 is 77.7. The fourth-order valence-electron chi connectivity index (χ4n) is 2.39. The maximum absolute atomic E-state index is 13.0. The number of aliphatic hydroxyl groups is 1. The van der Waals surface area contributed by atoms with Gasteiger partial charge in [-0.15, -0.1) is 0 Å². The zero-order valence-electron chi connectivity index (χ0n) is 13.1. The Hall–Kier alpha value is -2.11. The number of carbonyl (C=O) groups is 1. The molecule has 0 aromatic carbocycles. The fourth-order valence-corrected chi connectivity index (χ4v) is 2.39. The van der Waals surface area contributed by atoms with Crippen molar-refractivity contribution >= 4 is 11.6 Å². The molecule has 1 aliphatic rings. The van der Waals surface area contributed by atoms with Crippen molar-refractivity contribution in [2.45, 2.75) is 51.3 Å². The van der Waals surface area contributed by atoms with Crippen LogP contribution in [0.5, 0.6) is 0 Å². The van der Waals surface area contributed by atoms with Crippen LogP contribution in [-0.2, 0) is 17.5 Å². The molecule has 0 bridgehead atoms. The molecule has 1 aliphatic heterocycles. The number of carbonyl (C=O) groups excluding carboxylic acids is 1. The summed E-state index contributed by atoms with van der Waals surface area (Å²) in [6, 6.07) is 0.759. The third kappa shape index (κ3) is 3.62. The lowest BCUT2D eigenvalue weighted by molar-refractivity contribution is -0.302. The SMILES string of the molecule is CC1=NN(C(=O)CCn2nc(C(F)(F)F)cc2C)C(O)(C(F)(F)F)C1. The summed E-state index contributed by atoms with van der Waals surface area (Å²) in [4.78, 5) is 12.0. The summed E-state index contributed by atoms with van der Waals surface area (Å²) in [5.74, 6) is -1.18. The van der Waals surface area contributed by atoms with Crippen molar-refractivity contribution in [3.05, 3.63) is 17.5 Å². The van der Waals surface area contributed by atoms with Gasteiger partial charge in [0.2, 0.25) is 5.91 Å². The van der Waals surface area contributed by atoms with Gasteiger partial charge in [-0.3, -0.25) is 9.48 Å². The topological polar surface area (TPSA) is 70.7 Å². The molecule has 12 heteroatoms. The first-order valence-corrected chi connectivity index (χ1v) is 7.03. The molecule has 0 fully saturated rings. The highest BCUT2D eigenvalue weighted by molar-refractivity contribution is 5.89. The van der Waals surface area contributed by atoms with Gasteiger partial charge in [-0.2, -0.15) is 41.6 Å². The number of alkyl halides is 6. The van der Waals surface area contributed by atoms with Crippen LogP contribution >= 0.6 is 0 Å². The Morgan fingerprint density at radius 2 is 1.88 bits per heavy atom. The molecule has 0 saturated carbocycles. The summed E-state index contributed by atoms with van der Waals surface area (Å²) in [5.41, 5.74) is -4.63. The average Bonchev–Trinajstić information content (AvgIpc) is 2.96. The Morgan fingerprint density at radius 1 is 1.28 bits per heavy atom. The van der Waals surface area contributed by atoms with Gasteiger partial charge >= 0.3 is 12.4 Å². The lowest BCUT2D eigenvalue weighted by Crippen LogP contribution is -2.56. The quantitative estimate of drug-likeness (QED) is 0.829. The van der Waals surface area contributed by atoms with Crippen molar-refractivity contribution in [1.29, 1.82) is 0 Å². The van der Waals surface area contributed by atoms with Crippen molar-refractivity contribution in [2.75, 3.05) is 0 Å². The Kier molecular flexibility index (Phi) is 4.61. The first-order valence-electron chi connectivity index (χ1n) is 7.03. The maximum atomic E-state index is 13.0. The van der Waals surface area contributed by atoms with E-state index in [-0.39, 0.29) is 23.0 Å². The van der Waals surface area contributed by atoms with Gasteiger partial charge in [0, 0.05) is 24.2 Å². The number of hydrogen-bond acceptors (Lipinski definition) is 4. The lowest BCUT2D eigenvalue weighted by Gasteiger charge is -2.32. The standard InChI is InChI=1S/C13H14F6N4O2/c1-7-6-11(25,13(17,18)19)23(20-7)10(24)3-4-22-8(2)5-9(21-22)12(14,15)16/h5,25H,3-4,6H2,1-2H3. The summed E-state index contributed by atoms with van der Waals surface area (Å²) >= 11 is 0. The van der Waals surface area contributed by atoms with Gasteiger partial charge in [-0.1, -0.05) is 0 Å². The second-order valence-corrected chi connectivity index (χ2v) is 5.67. The summed E-state index contributed by atoms with van der Waals surface area (Å²) in [6.07, 6.45) is -11.3. The van der Waals surface area contributed by atoms with E-state index in [4.69, 9.17) is 0 Å². The van der Waals surface area contributed by atoms with Gasteiger partial charge in [0.15, 0.2) is 5.69 Å². The summed E-state index contributed by atoms with van der Waals surface area (Å²) in [7, 11) is 0. The van der Waals surface area contributed by atoms with Crippen LogP contribution in [0, 0.1) is 6.92 Å². The van der Waals surface area contributed by atoms with E-state index < -0.39 is 42.5 Å². The number of nitrogens with zero attached hydrogens (tertiary/aromatic N) is 4. The van der Waals surface area contributed by atoms with Crippen LogP contribution in [0.25, 0.3) is 0 Å². The van der Waals surface area contributed by atoms with E-state index in [0.29, 0.717) is 0 Å². The smallest absolute Gasteiger partial charge is 0.362 e. The van der Waals surface area contributed by atoms with Crippen LogP contribution < -0.4 is 0 Å². The third-order valence-electron chi connectivity index (χ3n) is 3.62. The van der Waals surface area contributed by atoms with E-state index in [9.17, 15) is 36.2 Å². The largest absolute Gasteiger partial charge is 0.438 e. The minimum absolute atomic E-state index is 0.0637. The first-order chi connectivity index (χ1) is 11.3. The maximum Gasteiger partial charge on any atom is 0.438 e. The number of aromatic nitrogens is 2. The molecule has 0 spiro atoms. The number of halogens is 6. The highest BCUT2D eigenvalue weighted by Gasteiger charge is 2.62. The molecule has 1 aromatic rings. The molecule has 1 aromatic heterocycles. The number of hydrazone groups is 1. The Morgan fingerprint density at radius 3 is 2.36 bits per heavy atom. The van der Waals surface area contributed by atoms with Crippen LogP contribution in [0.1, 0.15) is 31.2 Å². The lowest BCUT2D eigenvalue weighted by atomic mass is 10.1. The van der Waals surface area contributed by atoms with Crippen molar-refractivity contribution in [3.63, 3.8) is 0 Å². The van der Waals surface area contributed by atoms with E-state index in [2.05, 4.69) is 10.2 Å². The van der Waals surface area contributed by atoms with Crippen LogP contribution in [0.15, 0.2) is 11.2 Å². The number of aryl methyl sites for hydroxylation is 2. The molecule has 1 unspecified atom stereocenters. The van der Waals surface area contributed by atoms with E-state index in [1.165, 1.54) is 13.8 Å². The zero-order chi connectivity index (χ0) is 19.2. The molecule has 0 saturated heterocycles. The van der Waals surface area contributed by atoms with Crippen LogP contribution in [0.2, 0.25) is 0 Å². The molecule has 0 aliphatic carbocycles. The predicted molar refractivity (Wildman–Crippen MR) is 72.2 cm³/mol. The number of amides is 1. The molecule has 1 amide bonds. The van der Waals surface area contributed by atoms with Crippen LogP contribution in [-0.4, -0.2) is 43.4 Å². The highest BCUT2D eigenvalue weighted by atomic mass is 19.4. The summed E-state index contributed by atoms with van der Waals surface area (Å²) in [5, 5.41) is 16.4. The molecule has 0 radical (unpaired) electrons. The highest BCUT2D eigenvalue weighted by Crippen LogP contribution is 2.40. The first kappa shape index (κ1) is 19.2.